The van der Waals surface area contributed by atoms with E-state index < -0.39 is 0 Å². The Morgan fingerprint density at radius 1 is 1.14 bits per heavy atom. The fourth-order valence-electron chi connectivity index (χ4n) is 2.68. The number of rotatable bonds is 7. The molecule has 0 spiro atoms. The molecule has 0 saturated carbocycles. The topological polar surface area (TPSA) is 100 Å². The van der Waals surface area contributed by atoms with Crippen LogP contribution in [0.1, 0.15) is 0 Å². The molecule has 0 aliphatic carbocycles. The molecule has 152 valence electrons. The average Bonchev–Trinajstić information content (AvgIpc) is 3.08. The van der Waals surface area contributed by atoms with Gasteiger partial charge in [0.1, 0.15) is 0 Å². The Morgan fingerprint density at radius 3 is 2.62 bits per heavy atom. The molecule has 3 rings (SSSR count). The molecular formula is C19H21N5O4S. The number of methoxy groups -OCH3 is 2. The van der Waals surface area contributed by atoms with Crippen molar-refractivity contribution < 1.29 is 14.3 Å². The van der Waals surface area contributed by atoms with Gasteiger partial charge in [0.25, 0.3) is 5.56 Å². The van der Waals surface area contributed by atoms with Gasteiger partial charge in [-0.05, 0) is 24.3 Å². The van der Waals surface area contributed by atoms with Gasteiger partial charge in [-0.1, -0.05) is 11.8 Å². The van der Waals surface area contributed by atoms with Gasteiger partial charge in [0.15, 0.2) is 22.5 Å². The first-order valence-electron chi connectivity index (χ1n) is 8.64. The standard InChI is InChI=1S/C19H21N5O4S/c1-23-9-5-6-13(18(23)26)17-21-22-19(24(17)2)29-11-16(25)20-12-7-8-14(27-3)15(10-12)28-4/h5-10H,11H2,1-4H3,(H,20,25). The molecule has 2 heterocycles. The van der Waals surface area contributed by atoms with E-state index in [1.807, 2.05) is 0 Å². The predicted octanol–water partition coefficient (Wildman–Crippen LogP) is 1.93. The first kappa shape index (κ1) is 20.5. The van der Waals surface area contributed by atoms with Crippen LogP contribution in [0.15, 0.2) is 46.5 Å². The van der Waals surface area contributed by atoms with Crippen molar-refractivity contribution in [2.24, 2.45) is 14.1 Å². The largest absolute Gasteiger partial charge is 0.493 e. The maximum Gasteiger partial charge on any atom is 0.261 e. The average molecular weight is 415 g/mol. The van der Waals surface area contributed by atoms with E-state index in [2.05, 4.69) is 15.5 Å². The zero-order valence-corrected chi connectivity index (χ0v) is 17.3. The van der Waals surface area contributed by atoms with Crippen LogP contribution in [-0.2, 0) is 18.9 Å². The molecule has 29 heavy (non-hydrogen) atoms. The molecule has 10 heteroatoms. The van der Waals surface area contributed by atoms with Crippen LogP contribution in [-0.4, -0.2) is 45.2 Å². The summed E-state index contributed by atoms with van der Waals surface area (Å²) in [5, 5.41) is 11.6. The first-order valence-corrected chi connectivity index (χ1v) is 9.63. The smallest absolute Gasteiger partial charge is 0.261 e. The van der Waals surface area contributed by atoms with Gasteiger partial charge >= 0.3 is 0 Å². The fourth-order valence-corrected chi connectivity index (χ4v) is 3.39. The number of benzene rings is 1. The van der Waals surface area contributed by atoms with Crippen molar-refractivity contribution in [3.05, 3.63) is 46.9 Å². The fraction of sp³-hybridized carbons (Fsp3) is 0.263. The number of nitrogens with zero attached hydrogens (tertiary/aromatic N) is 4. The number of hydrogen-bond donors (Lipinski definition) is 1. The molecule has 0 atom stereocenters. The third-order valence-corrected chi connectivity index (χ3v) is 5.22. The summed E-state index contributed by atoms with van der Waals surface area (Å²) in [6.45, 7) is 0. The number of nitrogens with one attached hydrogen (secondary N) is 1. The molecule has 0 bridgehead atoms. The van der Waals surface area contributed by atoms with E-state index in [0.29, 0.717) is 33.7 Å². The Kier molecular flexibility index (Phi) is 6.23. The van der Waals surface area contributed by atoms with E-state index in [0.717, 1.165) is 0 Å². The SMILES string of the molecule is COc1ccc(NC(=O)CSc2nnc(-c3cccn(C)c3=O)n2C)cc1OC. The van der Waals surface area contributed by atoms with Gasteiger partial charge < -0.3 is 23.9 Å². The third kappa shape index (κ3) is 4.43. The van der Waals surface area contributed by atoms with E-state index >= 15 is 0 Å². The summed E-state index contributed by atoms with van der Waals surface area (Å²) < 4.78 is 13.6. The summed E-state index contributed by atoms with van der Waals surface area (Å²) in [6.07, 6.45) is 1.68. The number of pyridine rings is 1. The van der Waals surface area contributed by atoms with Gasteiger partial charge in [-0.15, -0.1) is 10.2 Å². The summed E-state index contributed by atoms with van der Waals surface area (Å²) >= 11 is 1.23. The van der Waals surface area contributed by atoms with Crippen LogP contribution < -0.4 is 20.3 Å². The van der Waals surface area contributed by atoms with Crippen molar-refractivity contribution in [3.8, 4) is 22.9 Å². The highest BCUT2D eigenvalue weighted by Gasteiger charge is 2.16. The van der Waals surface area contributed by atoms with Crippen LogP contribution in [0.25, 0.3) is 11.4 Å². The van der Waals surface area contributed by atoms with Crippen molar-refractivity contribution in [2.75, 3.05) is 25.3 Å². The zero-order chi connectivity index (χ0) is 21.0. The molecule has 0 aliphatic heterocycles. The number of carbonyl (C=O) groups excluding carboxylic acids is 1. The number of amides is 1. The van der Waals surface area contributed by atoms with E-state index in [1.165, 1.54) is 23.4 Å². The second-order valence-corrected chi connectivity index (χ2v) is 7.05. The second-order valence-electron chi connectivity index (χ2n) is 6.11. The summed E-state index contributed by atoms with van der Waals surface area (Å²) in [7, 11) is 6.52. The Labute approximate surface area is 171 Å². The summed E-state index contributed by atoms with van der Waals surface area (Å²) in [4.78, 5) is 24.6. The molecule has 1 N–H and O–H groups in total. The van der Waals surface area contributed by atoms with Crippen LogP contribution in [0.5, 0.6) is 11.5 Å². The highest BCUT2D eigenvalue weighted by atomic mass is 32.2. The normalized spacial score (nSPS) is 10.6. The lowest BCUT2D eigenvalue weighted by atomic mass is 10.2. The minimum atomic E-state index is -0.206. The Bertz CT molecular complexity index is 1090. The number of ether oxygens (including phenoxy) is 2. The maximum absolute atomic E-state index is 12.3. The minimum Gasteiger partial charge on any atom is -0.493 e. The zero-order valence-electron chi connectivity index (χ0n) is 16.5. The van der Waals surface area contributed by atoms with Crippen LogP contribution >= 0.6 is 11.8 Å². The molecule has 1 aromatic carbocycles. The van der Waals surface area contributed by atoms with Crippen LogP contribution in [0.2, 0.25) is 0 Å². The second kappa shape index (κ2) is 8.82. The Balaban J connectivity index is 1.68. The van der Waals surface area contributed by atoms with Crippen LogP contribution in [0, 0.1) is 0 Å². The van der Waals surface area contributed by atoms with Gasteiger partial charge in [0, 0.05) is 32.0 Å². The molecule has 1 amide bonds. The first-order chi connectivity index (χ1) is 13.9. The molecule has 0 aliphatic rings. The maximum atomic E-state index is 12.3. The van der Waals surface area contributed by atoms with Crippen molar-refractivity contribution in [1.29, 1.82) is 0 Å². The van der Waals surface area contributed by atoms with Gasteiger partial charge in [-0.25, -0.2) is 0 Å². The van der Waals surface area contributed by atoms with Gasteiger partial charge in [-0.3, -0.25) is 9.59 Å². The highest BCUT2D eigenvalue weighted by molar-refractivity contribution is 7.99. The van der Waals surface area contributed by atoms with Gasteiger partial charge in [0.05, 0.1) is 25.5 Å². The Morgan fingerprint density at radius 2 is 1.90 bits per heavy atom. The van der Waals surface area contributed by atoms with Crippen LogP contribution in [0.3, 0.4) is 0 Å². The quantitative estimate of drug-likeness (QED) is 0.589. The van der Waals surface area contributed by atoms with E-state index in [-0.39, 0.29) is 17.2 Å². The van der Waals surface area contributed by atoms with Crippen molar-refractivity contribution in [3.63, 3.8) is 0 Å². The lowest BCUT2D eigenvalue weighted by molar-refractivity contribution is -0.113. The minimum absolute atomic E-state index is 0.132. The third-order valence-electron chi connectivity index (χ3n) is 4.20. The van der Waals surface area contributed by atoms with E-state index in [1.54, 1.807) is 62.3 Å². The highest BCUT2D eigenvalue weighted by Crippen LogP contribution is 2.30. The van der Waals surface area contributed by atoms with E-state index in [4.69, 9.17) is 9.47 Å². The predicted molar refractivity (Wildman–Crippen MR) is 111 cm³/mol. The van der Waals surface area contributed by atoms with Crippen LogP contribution in [0.4, 0.5) is 5.69 Å². The molecule has 0 radical (unpaired) electrons. The van der Waals surface area contributed by atoms with Crippen molar-refractivity contribution in [2.45, 2.75) is 5.16 Å². The summed E-state index contributed by atoms with van der Waals surface area (Å²) in [6, 6.07) is 8.61. The van der Waals surface area contributed by atoms with Crippen molar-refractivity contribution >= 4 is 23.4 Å². The molecule has 0 saturated heterocycles. The summed E-state index contributed by atoms with van der Waals surface area (Å²) in [5.41, 5.74) is 0.886. The molecule has 9 nitrogen and oxygen atoms in total. The molecular weight excluding hydrogens is 394 g/mol. The lowest BCUT2D eigenvalue weighted by Gasteiger charge is -2.10. The number of thioether (sulfide) groups is 1. The lowest BCUT2D eigenvalue weighted by Crippen LogP contribution is -2.18. The number of hydrogen-bond acceptors (Lipinski definition) is 7. The van der Waals surface area contributed by atoms with E-state index in [9.17, 15) is 9.59 Å². The number of carbonyl (C=O) groups is 1. The number of aromatic nitrogens is 4. The number of aryl methyl sites for hydroxylation is 1. The molecule has 2 aromatic heterocycles. The number of anilines is 1. The molecule has 0 unspecified atom stereocenters. The van der Waals surface area contributed by atoms with Gasteiger partial charge in [0.2, 0.25) is 5.91 Å². The monoisotopic (exact) mass is 415 g/mol. The Hall–Kier alpha value is -3.27. The van der Waals surface area contributed by atoms with Crippen molar-refractivity contribution in [1.82, 2.24) is 19.3 Å². The summed E-state index contributed by atoms with van der Waals surface area (Å²) in [5.74, 6) is 1.49. The molecule has 0 fully saturated rings. The van der Waals surface area contributed by atoms with Gasteiger partial charge in [-0.2, -0.15) is 0 Å². The molecule has 3 aromatic rings.